The van der Waals surface area contributed by atoms with Gasteiger partial charge >= 0.3 is 0 Å². The fraction of sp³-hybridized carbons (Fsp3) is 0.417. The van der Waals surface area contributed by atoms with Crippen LogP contribution in [-0.2, 0) is 10.0 Å². The van der Waals surface area contributed by atoms with Gasteiger partial charge in [-0.25, -0.2) is 13.4 Å². The lowest BCUT2D eigenvalue weighted by molar-refractivity contribution is 0.421. The quantitative estimate of drug-likeness (QED) is 0.845. The number of nitrogens with zero attached hydrogens (tertiary/aromatic N) is 3. The van der Waals surface area contributed by atoms with Crippen molar-refractivity contribution in [2.24, 2.45) is 0 Å². The van der Waals surface area contributed by atoms with Gasteiger partial charge in [0.25, 0.3) is 10.0 Å². The SMILES string of the molecule is CC1CN(S(=O)(=O)c2c(Cl)nc3ccccn23)CCS1. The molecule has 1 unspecified atom stereocenters. The molecule has 20 heavy (non-hydrogen) atoms. The molecule has 1 fully saturated rings. The molecule has 0 aliphatic carbocycles. The average molecular weight is 332 g/mol. The fourth-order valence-corrected chi connectivity index (χ4v) is 5.65. The Morgan fingerprint density at radius 1 is 1.45 bits per heavy atom. The number of aromatic nitrogens is 2. The van der Waals surface area contributed by atoms with Crippen LogP contribution in [0.3, 0.4) is 0 Å². The number of rotatable bonds is 2. The Balaban J connectivity index is 2.11. The lowest BCUT2D eigenvalue weighted by Gasteiger charge is -2.29. The van der Waals surface area contributed by atoms with Crippen molar-refractivity contribution in [3.05, 3.63) is 29.5 Å². The predicted molar refractivity (Wildman–Crippen MR) is 80.9 cm³/mol. The highest BCUT2D eigenvalue weighted by Crippen LogP contribution is 2.29. The molecule has 0 bridgehead atoms. The fourth-order valence-electron chi connectivity index (χ4n) is 2.30. The molecular weight excluding hydrogens is 318 g/mol. The van der Waals surface area contributed by atoms with Gasteiger partial charge in [0.15, 0.2) is 10.2 Å². The molecule has 0 N–H and O–H groups in total. The van der Waals surface area contributed by atoms with Crippen LogP contribution in [0.2, 0.25) is 5.15 Å². The second kappa shape index (κ2) is 5.22. The van der Waals surface area contributed by atoms with Crippen molar-refractivity contribution >= 4 is 39.0 Å². The van der Waals surface area contributed by atoms with Gasteiger partial charge in [-0.15, -0.1) is 0 Å². The maximum absolute atomic E-state index is 12.8. The van der Waals surface area contributed by atoms with E-state index in [1.807, 2.05) is 6.92 Å². The summed E-state index contributed by atoms with van der Waals surface area (Å²) in [6, 6.07) is 5.30. The van der Waals surface area contributed by atoms with Crippen LogP contribution < -0.4 is 0 Å². The first-order chi connectivity index (χ1) is 9.50. The third-order valence-electron chi connectivity index (χ3n) is 3.23. The van der Waals surface area contributed by atoms with Gasteiger partial charge in [0, 0.05) is 30.3 Å². The largest absolute Gasteiger partial charge is 0.288 e. The molecule has 2 aromatic heterocycles. The molecule has 0 radical (unpaired) electrons. The van der Waals surface area contributed by atoms with Gasteiger partial charge in [-0.05, 0) is 12.1 Å². The Morgan fingerprint density at radius 2 is 2.25 bits per heavy atom. The van der Waals surface area contributed by atoms with Crippen molar-refractivity contribution in [1.29, 1.82) is 0 Å². The highest BCUT2D eigenvalue weighted by molar-refractivity contribution is 8.00. The molecule has 3 heterocycles. The summed E-state index contributed by atoms with van der Waals surface area (Å²) in [5.41, 5.74) is 0.538. The van der Waals surface area contributed by atoms with Gasteiger partial charge in [0.1, 0.15) is 5.65 Å². The second-order valence-electron chi connectivity index (χ2n) is 4.68. The molecule has 0 spiro atoms. The van der Waals surface area contributed by atoms with Crippen molar-refractivity contribution in [2.75, 3.05) is 18.8 Å². The normalized spacial score (nSPS) is 21.4. The Hall–Kier alpha value is -0.760. The van der Waals surface area contributed by atoms with Crippen LogP contribution in [0.25, 0.3) is 5.65 Å². The van der Waals surface area contributed by atoms with Crippen LogP contribution >= 0.6 is 23.4 Å². The van der Waals surface area contributed by atoms with Gasteiger partial charge in [0.2, 0.25) is 0 Å². The van der Waals surface area contributed by atoms with Crippen molar-refractivity contribution < 1.29 is 8.42 Å². The minimum absolute atomic E-state index is 0.0297. The highest BCUT2D eigenvalue weighted by atomic mass is 35.5. The van der Waals surface area contributed by atoms with Crippen molar-refractivity contribution in [2.45, 2.75) is 17.2 Å². The number of halogens is 1. The van der Waals surface area contributed by atoms with Crippen LogP contribution in [0.1, 0.15) is 6.92 Å². The van der Waals surface area contributed by atoms with Crippen LogP contribution in [-0.4, -0.2) is 46.2 Å². The molecule has 0 aromatic carbocycles. The zero-order chi connectivity index (χ0) is 14.3. The van der Waals surface area contributed by atoms with Crippen LogP contribution in [0.5, 0.6) is 0 Å². The van der Waals surface area contributed by atoms with E-state index in [1.165, 1.54) is 8.71 Å². The molecule has 1 aliphatic rings. The minimum Gasteiger partial charge on any atom is -0.288 e. The monoisotopic (exact) mass is 331 g/mol. The number of hydrogen-bond acceptors (Lipinski definition) is 4. The first-order valence-corrected chi connectivity index (χ1v) is 9.11. The van der Waals surface area contributed by atoms with E-state index in [9.17, 15) is 8.42 Å². The molecule has 108 valence electrons. The molecule has 1 saturated heterocycles. The molecule has 0 amide bonds. The number of pyridine rings is 1. The topological polar surface area (TPSA) is 54.7 Å². The Kier molecular flexibility index (Phi) is 3.70. The van der Waals surface area contributed by atoms with E-state index in [4.69, 9.17) is 11.6 Å². The van der Waals surface area contributed by atoms with Crippen molar-refractivity contribution in [3.63, 3.8) is 0 Å². The average Bonchev–Trinajstić information content (AvgIpc) is 2.75. The summed E-state index contributed by atoms with van der Waals surface area (Å²) in [4.78, 5) is 4.11. The maximum Gasteiger partial charge on any atom is 0.262 e. The molecule has 2 aromatic rings. The van der Waals surface area contributed by atoms with Gasteiger partial charge in [-0.1, -0.05) is 24.6 Å². The minimum atomic E-state index is -3.62. The Labute approximate surface area is 127 Å². The zero-order valence-corrected chi connectivity index (χ0v) is 13.2. The number of hydrogen-bond donors (Lipinski definition) is 0. The molecular formula is C12H14ClN3O2S2. The third kappa shape index (κ3) is 2.32. The maximum atomic E-state index is 12.8. The Bertz CT molecular complexity index is 744. The molecule has 1 atom stereocenters. The summed E-state index contributed by atoms with van der Waals surface area (Å²) in [6.45, 7) is 3.04. The van der Waals surface area contributed by atoms with Crippen LogP contribution in [0, 0.1) is 0 Å². The van der Waals surface area contributed by atoms with E-state index < -0.39 is 10.0 Å². The number of sulfonamides is 1. The van der Waals surface area contributed by atoms with Crippen LogP contribution in [0.4, 0.5) is 0 Å². The van der Waals surface area contributed by atoms with Crippen molar-refractivity contribution in [1.82, 2.24) is 13.7 Å². The molecule has 8 heteroatoms. The molecule has 3 rings (SSSR count). The van der Waals surface area contributed by atoms with E-state index >= 15 is 0 Å². The van der Waals surface area contributed by atoms with Gasteiger partial charge in [0.05, 0.1) is 0 Å². The number of thioether (sulfide) groups is 1. The third-order valence-corrected chi connectivity index (χ3v) is 6.64. The smallest absolute Gasteiger partial charge is 0.262 e. The lowest BCUT2D eigenvalue weighted by atomic mass is 10.4. The van der Waals surface area contributed by atoms with Gasteiger partial charge in [-0.2, -0.15) is 16.1 Å². The number of imidazole rings is 1. The Morgan fingerprint density at radius 3 is 3.00 bits per heavy atom. The zero-order valence-electron chi connectivity index (χ0n) is 10.9. The highest BCUT2D eigenvalue weighted by Gasteiger charge is 2.33. The summed E-state index contributed by atoms with van der Waals surface area (Å²) in [5.74, 6) is 0.800. The van der Waals surface area contributed by atoms with Crippen molar-refractivity contribution in [3.8, 4) is 0 Å². The lowest BCUT2D eigenvalue weighted by Crippen LogP contribution is -2.41. The number of fused-ring (bicyclic) bond motifs is 1. The predicted octanol–water partition coefficient (Wildman–Crippen LogP) is 2.11. The first-order valence-electron chi connectivity index (χ1n) is 6.24. The summed E-state index contributed by atoms with van der Waals surface area (Å²) < 4.78 is 28.6. The van der Waals surface area contributed by atoms with Crippen LogP contribution in [0.15, 0.2) is 29.4 Å². The van der Waals surface area contributed by atoms with E-state index in [0.29, 0.717) is 18.7 Å². The summed E-state index contributed by atoms with van der Waals surface area (Å²) in [5, 5.41) is 0.382. The summed E-state index contributed by atoms with van der Waals surface area (Å²) >= 11 is 7.85. The van der Waals surface area contributed by atoms with Gasteiger partial charge < -0.3 is 0 Å². The summed E-state index contributed by atoms with van der Waals surface area (Å²) in [6.07, 6.45) is 1.67. The molecule has 0 saturated carbocycles. The molecule has 1 aliphatic heterocycles. The van der Waals surface area contributed by atoms with E-state index in [0.717, 1.165) is 5.75 Å². The van der Waals surface area contributed by atoms with E-state index in [-0.39, 0.29) is 15.4 Å². The molecule has 5 nitrogen and oxygen atoms in total. The second-order valence-corrected chi connectivity index (χ2v) is 8.44. The summed E-state index contributed by atoms with van der Waals surface area (Å²) in [7, 11) is -3.62. The van der Waals surface area contributed by atoms with E-state index in [2.05, 4.69) is 4.98 Å². The van der Waals surface area contributed by atoms with Gasteiger partial charge in [-0.3, -0.25) is 4.40 Å². The first kappa shape index (κ1) is 14.2. The standard InChI is InChI=1S/C12H14ClN3O2S2/c1-9-8-15(6-7-19-9)20(17,18)12-11(13)14-10-4-2-3-5-16(10)12/h2-5,9H,6-8H2,1H3. The van der Waals surface area contributed by atoms with E-state index in [1.54, 1.807) is 36.2 Å².